The summed E-state index contributed by atoms with van der Waals surface area (Å²) in [5.41, 5.74) is 11.5. The standard InChI is InChI=1S/C29H25N3O3/c30-15-25-27(21-8-12-24(34)13-9-21)26-18-32(16-20-4-2-1-3-5-20)17-22(28(26)35-29(25)31)14-19-6-10-23(33)11-7-19/h1-14,27,33-34H,16-18,31H2/b22-14+. The van der Waals surface area contributed by atoms with E-state index in [4.69, 9.17) is 10.5 Å². The van der Waals surface area contributed by atoms with E-state index < -0.39 is 0 Å². The first-order valence-corrected chi connectivity index (χ1v) is 11.4. The molecule has 0 aromatic heterocycles. The summed E-state index contributed by atoms with van der Waals surface area (Å²) in [6, 6.07) is 26.4. The Labute approximate surface area is 204 Å². The van der Waals surface area contributed by atoms with Crippen LogP contribution in [0.4, 0.5) is 0 Å². The van der Waals surface area contributed by atoms with Gasteiger partial charge in [0.1, 0.15) is 28.9 Å². The van der Waals surface area contributed by atoms with Gasteiger partial charge in [-0.25, -0.2) is 0 Å². The number of nitrogens with two attached hydrogens (primary N) is 1. The zero-order valence-electron chi connectivity index (χ0n) is 19.1. The molecule has 3 aromatic rings. The van der Waals surface area contributed by atoms with Crippen LogP contribution in [-0.2, 0) is 11.3 Å². The largest absolute Gasteiger partial charge is 0.508 e. The van der Waals surface area contributed by atoms with Crippen LogP contribution in [0.2, 0.25) is 0 Å². The predicted molar refractivity (Wildman–Crippen MR) is 134 cm³/mol. The average molecular weight is 464 g/mol. The zero-order chi connectivity index (χ0) is 24.4. The maximum atomic E-state index is 9.97. The van der Waals surface area contributed by atoms with Crippen LogP contribution in [0.25, 0.3) is 6.08 Å². The lowest BCUT2D eigenvalue weighted by Crippen LogP contribution is -2.37. The van der Waals surface area contributed by atoms with Gasteiger partial charge in [-0.3, -0.25) is 4.90 Å². The second-order valence-corrected chi connectivity index (χ2v) is 8.76. The van der Waals surface area contributed by atoms with Crippen molar-refractivity contribution in [3.8, 4) is 17.6 Å². The van der Waals surface area contributed by atoms with Crippen LogP contribution in [0.3, 0.4) is 0 Å². The van der Waals surface area contributed by atoms with Gasteiger partial charge in [0.25, 0.3) is 0 Å². The Morgan fingerprint density at radius 3 is 2.26 bits per heavy atom. The van der Waals surface area contributed by atoms with Gasteiger partial charge in [0.15, 0.2) is 0 Å². The summed E-state index contributed by atoms with van der Waals surface area (Å²) in [7, 11) is 0. The van der Waals surface area contributed by atoms with Crippen molar-refractivity contribution in [1.82, 2.24) is 4.90 Å². The van der Waals surface area contributed by atoms with Gasteiger partial charge in [0.2, 0.25) is 5.88 Å². The van der Waals surface area contributed by atoms with Gasteiger partial charge in [0.05, 0.1) is 5.92 Å². The molecule has 2 aliphatic rings. The number of ether oxygens (including phenoxy) is 1. The number of phenols is 2. The number of aromatic hydroxyl groups is 2. The molecule has 3 aromatic carbocycles. The van der Waals surface area contributed by atoms with E-state index in [1.807, 2.05) is 48.5 Å². The lowest BCUT2D eigenvalue weighted by Gasteiger charge is -2.38. The highest BCUT2D eigenvalue weighted by Gasteiger charge is 2.37. The summed E-state index contributed by atoms with van der Waals surface area (Å²) in [4.78, 5) is 2.31. The predicted octanol–water partition coefficient (Wildman–Crippen LogP) is 4.76. The Hall–Kier alpha value is -4.47. The van der Waals surface area contributed by atoms with Crippen molar-refractivity contribution in [2.24, 2.45) is 5.73 Å². The van der Waals surface area contributed by atoms with Gasteiger partial charge in [-0.1, -0.05) is 54.6 Å². The fourth-order valence-electron chi connectivity index (χ4n) is 4.71. The lowest BCUT2D eigenvalue weighted by molar-refractivity contribution is 0.230. The van der Waals surface area contributed by atoms with E-state index >= 15 is 0 Å². The molecule has 174 valence electrons. The molecular formula is C29H25N3O3. The van der Waals surface area contributed by atoms with Gasteiger partial charge in [-0.15, -0.1) is 0 Å². The first-order chi connectivity index (χ1) is 17.0. The molecule has 2 heterocycles. The summed E-state index contributed by atoms with van der Waals surface area (Å²) in [5, 5.41) is 29.5. The minimum Gasteiger partial charge on any atom is -0.508 e. The molecule has 1 atom stereocenters. The summed E-state index contributed by atoms with van der Waals surface area (Å²) in [6.07, 6.45) is 2.03. The van der Waals surface area contributed by atoms with Gasteiger partial charge in [-0.2, -0.15) is 5.26 Å². The molecule has 0 spiro atoms. The molecule has 4 N–H and O–H groups in total. The SMILES string of the molecule is N#CC1=C(N)OC2=C(CN(Cc3ccccc3)C/C2=C\c2ccc(O)cc2)C1c1ccc(O)cc1. The Balaban J connectivity index is 1.62. The van der Waals surface area contributed by atoms with Crippen molar-refractivity contribution < 1.29 is 14.9 Å². The van der Waals surface area contributed by atoms with Crippen LogP contribution in [-0.4, -0.2) is 28.2 Å². The first-order valence-electron chi connectivity index (χ1n) is 11.4. The van der Waals surface area contributed by atoms with Crippen LogP contribution < -0.4 is 5.73 Å². The minimum atomic E-state index is -0.383. The molecule has 5 rings (SSSR count). The van der Waals surface area contributed by atoms with Crippen LogP contribution in [0.1, 0.15) is 22.6 Å². The van der Waals surface area contributed by atoms with E-state index in [1.165, 1.54) is 5.56 Å². The van der Waals surface area contributed by atoms with Crippen molar-refractivity contribution in [2.75, 3.05) is 13.1 Å². The number of hydrogen-bond donors (Lipinski definition) is 3. The van der Waals surface area contributed by atoms with Crippen molar-refractivity contribution in [3.63, 3.8) is 0 Å². The van der Waals surface area contributed by atoms with E-state index in [0.29, 0.717) is 24.4 Å². The second-order valence-electron chi connectivity index (χ2n) is 8.76. The third kappa shape index (κ3) is 4.63. The minimum absolute atomic E-state index is 0.0949. The van der Waals surface area contributed by atoms with Gasteiger partial charge >= 0.3 is 0 Å². The Morgan fingerprint density at radius 1 is 0.943 bits per heavy atom. The van der Waals surface area contributed by atoms with Crippen LogP contribution >= 0.6 is 0 Å². The van der Waals surface area contributed by atoms with Crippen LogP contribution in [0.15, 0.2) is 107 Å². The fraction of sp³-hybridized carbons (Fsp3) is 0.138. The first kappa shape index (κ1) is 22.3. The highest BCUT2D eigenvalue weighted by molar-refractivity contribution is 5.63. The molecule has 6 heteroatoms. The zero-order valence-corrected chi connectivity index (χ0v) is 19.1. The number of phenolic OH excluding ortho intramolecular Hbond substituents is 2. The number of hydrogen-bond acceptors (Lipinski definition) is 6. The van der Waals surface area contributed by atoms with Gasteiger partial charge in [0, 0.05) is 25.2 Å². The molecule has 0 saturated carbocycles. The molecule has 1 unspecified atom stereocenters. The Kier molecular flexibility index (Phi) is 6.01. The maximum absolute atomic E-state index is 9.97. The molecule has 0 radical (unpaired) electrons. The van der Waals surface area contributed by atoms with Crippen molar-refractivity contribution in [1.29, 1.82) is 5.26 Å². The molecule has 6 nitrogen and oxygen atoms in total. The van der Waals surface area contributed by atoms with Gasteiger partial charge < -0.3 is 20.7 Å². The number of nitriles is 1. The number of nitrogens with zero attached hydrogens (tertiary/aromatic N) is 2. The lowest BCUT2D eigenvalue weighted by atomic mass is 9.80. The van der Waals surface area contributed by atoms with Crippen molar-refractivity contribution in [2.45, 2.75) is 12.5 Å². The smallest absolute Gasteiger partial charge is 0.205 e. The van der Waals surface area contributed by atoms with E-state index in [0.717, 1.165) is 28.8 Å². The molecular weight excluding hydrogens is 438 g/mol. The van der Waals surface area contributed by atoms with Crippen LogP contribution in [0.5, 0.6) is 11.5 Å². The van der Waals surface area contributed by atoms with Crippen LogP contribution in [0, 0.1) is 11.3 Å². The second kappa shape index (κ2) is 9.41. The fourth-order valence-corrected chi connectivity index (χ4v) is 4.71. The molecule has 0 amide bonds. The van der Waals surface area contributed by atoms with E-state index in [9.17, 15) is 15.5 Å². The third-order valence-corrected chi connectivity index (χ3v) is 6.32. The third-order valence-electron chi connectivity index (χ3n) is 6.32. The average Bonchev–Trinajstić information content (AvgIpc) is 2.86. The van der Waals surface area contributed by atoms with E-state index in [2.05, 4.69) is 23.1 Å². The molecule has 35 heavy (non-hydrogen) atoms. The summed E-state index contributed by atoms with van der Waals surface area (Å²) in [6.45, 7) is 1.96. The topological polar surface area (TPSA) is 103 Å². The molecule has 2 aliphatic heterocycles. The quantitative estimate of drug-likeness (QED) is 0.516. The molecule has 0 saturated heterocycles. The summed E-state index contributed by atoms with van der Waals surface area (Å²) >= 11 is 0. The number of rotatable bonds is 4. The maximum Gasteiger partial charge on any atom is 0.205 e. The molecule has 0 fully saturated rings. The summed E-state index contributed by atoms with van der Waals surface area (Å²) < 4.78 is 6.10. The molecule has 0 aliphatic carbocycles. The monoisotopic (exact) mass is 463 g/mol. The van der Waals surface area contributed by atoms with Crippen molar-refractivity contribution in [3.05, 3.63) is 124 Å². The van der Waals surface area contributed by atoms with E-state index in [-0.39, 0.29) is 23.3 Å². The summed E-state index contributed by atoms with van der Waals surface area (Å²) in [5.74, 6) is 0.752. The van der Waals surface area contributed by atoms with Gasteiger partial charge in [-0.05, 0) is 52.6 Å². The normalized spacial score (nSPS) is 19.3. The molecule has 0 bridgehead atoms. The van der Waals surface area contributed by atoms with Crippen molar-refractivity contribution >= 4 is 6.08 Å². The Morgan fingerprint density at radius 2 is 1.60 bits per heavy atom. The highest BCUT2D eigenvalue weighted by atomic mass is 16.5. The Bertz CT molecular complexity index is 1370. The number of benzene rings is 3. The number of allylic oxidation sites excluding steroid dienone is 1. The highest BCUT2D eigenvalue weighted by Crippen LogP contribution is 2.44. The van der Waals surface area contributed by atoms with E-state index in [1.54, 1.807) is 24.3 Å².